The van der Waals surface area contributed by atoms with Crippen molar-refractivity contribution in [2.45, 2.75) is 59.0 Å². The predicted molar refractivity (Wildman–Crippen MR) is 110 cm³/mol. The van der Waals surface area contributed by atoms with Gasteiger partial charge < -0.3 is 14.8 Å². The monoisotopic (exact) mass is 376 g/mol. The Bertz CT molecular complexity index is 559. The molecule has 1 aromatic rings. The maximum atomic E-state index is 12.6. The second-order valence-corrected chi connectivity index (χ2v) is 7.76. The number of piperidine rings is 1. The van der Waals surface area contributed by atoms with Crippen LogP contribution >= 0.6 is 0 Å². The van der Waals surface area contributed by atoms with Gasteiger partial charge in [0.1, 0.15) is 18.0 Å². The number of ether oxygens (including phenoxy) is 2. The number of rotatable bonds is 10. The summed E-state index contributed by atoms with van der Waals surface area (Å²) in [7, 11) is 0. The number of likely N-dealkylation sites (tertiary alicyclic amines) is 1. The molecular weight excluding hydrogens is 340 g/mol. The van der Waals surface area contributed by atoms with Crippen molar-refractivity contribution in [3.05, 3.63) is 24.3 Å². The highest BCUT2D eigenvalue weighted by Gasteiger charge is 2.32. The highest BCUT2D eigenvalue weighted by atomic mass is 16.5. The molecule has 1 fully saturated rings. The van der Waals surface area contributed by atoms with Gasteiger partial charge >= 0.3 is 0 Å². The summed E-state index contributed by atoms with van der Waals surface area (Å²) in [5.74, 6) is 1.59. The van der Waals surface area contributed by atoms with E-state index in [9.17, 15) is 4.79 Å². The van der Waals surface area contributed by atoms with E-state index in [4.69, 9.17) is 9.47 Å². The predicted octanol–water partition coefficient (Wildman–Crippen LogP) is 4.33. The number of benzene rings is 1. The molecule has 1 amide bonds. The van der Waals surface area contributed by atoms with E-state index in [1.165, 1.54) is 25.9 Å². The lowest BCUT2D eigenvalue weighted by Crippen LogP contribution is -2.42. The fourth-order valence-corrected chi connectivity index (χ4v) is 3.52. The number of hydrogen-bond donors (Lipinski definition) is 1. The smallest absolute Gasteiger partial charge is 0.256 e. The number of carbonyl (C=O) groups excluding carboxylic acids is 1. The number of hydrogen-bond acceptors (Lipinski definition) is 4. The molecule has 1 unspecified atom stereocenters. The first-order chi connectivity index (χ1) is 13.0. The summed E-state index contributed by atoms with van der Waals surface area (Å²) >= 11 is 0. The van der Waals surface area contributed by atoms with Crippen LogP contribution < -0.4 is 10.1 Å². The quantitative estimate of drug-likeness (QED) is 0.660. The third-order valence-corrected chi connectivity index (χ3v) is 5.33. The fraction of sp³-hybridized carbons (Fsp3) is 0.682. The summed E-state index contributed by atoms with van der Waals surface area (Å²) in [5.41, 5.74) is -0.0238. The van der Waals surface area contributed by atoms with Crippen molar-refractivity contribution in [3.8, 4) is 5.75 Å². The van der Waals surface area contributed by atoms with Crippen LogP contribution in [0.5, 0.6) is 5.75 Å². The molecule has 1 heterocycles. The summed E-state index contributed by atoms with van der Waals surface area (Å²) in [6, 6.07) is 7.58. The van der Waals surface area contributed by atoms with Crippen LogP contribution in [-0.2, 0) is 9.53 Å². The van der Waals surface area contributed by atoms with Crippen molar-refractivity contribution in [1.29, 1.82) is 0 Å². The van der Waals surface area contributed by atoms with Crippen molar-refractivity contribution in [3.63, 3.8) is 0 Å². The van der Waals surface area contributed by atoms with Gasteiger partial charge in [-0.3, -0.25) is 9.69 Å². The molecule has 0 aromatic heterocycles. The minimum atomic E-state index is -0.787. The van der Waals surface area contributed by atoms with Gasteiger partial charge in [-0.1, -0.05) is 20.3 Å². The molecule has 2 rings (SSSR count). The van der Waals surface area contributed by atoms with Crippen LogP contribution in [-0.4, -0.2) is 49.3 Å². The lowest BCUT2D eigenvalue weighted by atomic mass is 9.99. The van der Waals surface area contributed by atoms with Crippen LogP contribution in [0, 0.1) is 5.92 Å². The van der Waals surface area contributed by atoms with E-state index >= 15 is 0 Å². The Labute approximate surface area is 164 Å². The van der Waals surface area contributed by atoms with Crippen molar-refractivity contribution in [2.24, 2.45) is 5.92 Å². The molecule has 1 aromatic carbocycles. The molecule has 0 bridgehead atoms. The molecular formula is C22H36N2O3. The zero-order valence-electron chi connectivity index (χ0n) is 17.4. The van der Waals surface area contributed by atoms with Crippen LogP contribution in [0.15, 0.2) is 24.3 Å². The Morgan fingerprint density at radius 2 is 1.89 bits per heavy atom. The first kappa shape index (κ1) is 21.7. The van der Waals surface area contributed by atoms with Gasteiger partial charge in [0.25, 0.3) is 5.91 Å². The molecule has 27 heavy (non-hydrogen) atoms. The van der Waals surface area contributed by atoms with Crippen LogP contribution in [0.25, 0.3) is 0 Å². The van der Waals surface area contributed by atoms with Gasteiger partial charge in [-0.05, 0) is 76.4 Å². The maximum absolute atomic E-state index is 12.6. The van der Waals surface area contributed by atoms with E-state index < -0.39 is 5.60 Å². The van der Waals surface area contributed by atoms with Crippen molar-refractivity contribution >= 4 is 11.6 Å². The van der Waals surface area contributed by atoms with Crippen LogP contribution in [0.2, 0.25) is 0 Å². The average Bonchev–Trinajstić information content (AvgIpc) is 2.65. The largest absolute Gasteiger partial charge is 0.492 e. The maximum Gasteiger partial charge on any atom is 0.256 e. The van der Waals surface area contributed by atoms with Crippen molar-refractivity contribution in [1.82, 2.24) is 4.90 Å². The molecule has 1 aliphatic rings. The third kappa shape index (κ3) is 6.82. The molecule has 0 radical (unpaired) electrons. The molecule has 0 aliphatic carbocycles. The second-order valence-electron chi connectivity index (χ2n) is 7.76. The van der Waals surface area contributed by atoms with E-state index in [1.807, 2.05) is 38.1 Å². The summed E-state index contributed by atoms with van der Waals surface area (Å²) in [6.45, 7) is 12.7. The molecule has 5 nitrogen and oxygen atoms in total. The van der Waals surface area contributed by atoms with Crippen molar-refractivity contribution in [2.75, 3.05) is 38.2 Å². The van der Waals surface area contributed by atoms with E-state index in [2.05, 4.69) is 24.1 Å². The lowest BCUT2D eigenvalue weighted by Gasteiger charge is -2.29. The number of anilines is 1. The molecule has 1 N–H and O–H groups in total. The summed E-state index contributed by atoms with van der Waals surface area (Å²) in [5, 5.41) is 2.96. The first-order valence-corrected chi connectivity index (χ1v) is 10.4. The molecule has 0 spiro atoms. The molecule has 0 saturated carbocycles. The highest BCUT2D eigenvalue weighted by Crippen LogP contribution is 2.22. The highest BCUT2D eigenvalue weighted by molar-refractivity contribution is 5.97. The fourth-order valence-electron chi connectivity index (χ4n) is 3.52. The Kier molecular flexibility index (Phi) is 8.58. The minimum absolute atomic E-state index is 0.0980. The first-order valence-electron chi connectivity index (χ1n) is 10.4. The summed E-state index contributed by atoms with van der Waals surface area (Å²) in [4.78, 5) is 15.1. The van der Waals surface area contributed by atoms with Gasteiger partial charge in [0.15, 0.2) is 0 Å². The Morgan fingerprint density at radius 3 is 2.48 bits per heavy atom. The zero-order chi connectivity index (χ0) is 19.7. The molecule has 1 atom stereocenters. The van der Waals surface area contributed by atoms with Crippen LogP contribution in [0.1, 0.15) is 53.4 Å². The molecule has 1 aliphatic heterocycles. The standard InChI is InChI=1S/C22H36N2O3/c1-5-13-22(4,27-6-2)21(25)23-19-7-9-20(10-8-19)26-17-16-24-14-11-18(3)12-15-24/h7-10,18H,5-6,11-17H2,1-4H3,(H,23,25). The SMILES string of the molecule is CCCC(C)(OCC)C(=O)Nc1ccc(OCCN2CCC(C)CC2)cc1. The van der Waals surface area contributed by atoms with E-state index in [0.717, 1.165) is 30.3 Å². The van der Waals surface area contributed by atoms with Gasteiger partial charge in [-0.15, -0.1) is 0 Å². The summed E-state index contributed by atoms with van der Waals surface area (Å²) in [6.07, 6.45) is 4.16. The van der Waals surface area contributed by atoms with Gasteiger partial charge in [-0.25, -0.2) is 0 Å². The lowest BCUT2D eigenvalue weighted by molar-refractivity contribution is -0.139. The van der Waals surface area contributed by atoms with E-state index in [0.29, 0.717) is 19.6 Å². The number of amides is 1. The number of nitrogens with one attached hydrogen (secondary N) is 1. The van der Waals surface area contributed by atoms with Crippen LogP contribution in [0.4, 0.5) is 5.69 Å². The van der Waals surface area contributed by atoms with Gasteiger partial charge in [0.2, 0.25) is 0 Å². The number of carbonyl (C=O) groups is 1. The molecule has 5 heteroatoms. The number of nitrogens with zero attached hydrogens (tertiary/aromatic N) is 1. The molecule has 152 valence electrons. The summed E-state index contributed by atoms with van der Waals surface area (Å²) < 4.78 is 11.6. The third-order valence-electron chi connectivity index (χ3n) is 5.33. The Hall–Kier alpha value is -1.59. The van der Waals surface area contributed by atoms with Gasteiger partial charge in [0.05, 0.1) is 0 Å². The Balaban J connectivity index is 1.79. The Morgan fingerprint density at radius 1 is 1.22 bits per heavy atom. The van der Waals surface area contributed by atoms with Crippen molar-refractivity contribution < 1.29 is 14.3 Å². The minimum Gasteiger partial charge on any atom is -0.492 e. The molecule has 1 saturated heterocycles. The average molecular weight is 377 g/mol. The normalized spacial score (nSPS) is 18.1. The van der Waals surface area contributed by atoms with Gasteiger partial charge in [0, 0.05) is 18.8 Å². The van der Waals surface area contributed by atoms with E-state index in [1.54, 1.807) is 0 Å². The van der Waals surface area contributed by atoms with Gasteiger partial charge in [-0.2, -0.15) is 0 Å². The topological polar surface area (TPSA) is 50.8 Å². The van der Waals surface area contributed by atoms with Crippen LogP contribution in [0.3, 0.4) is 0 Å². The van der Waals surface area contributed by atoms with E-state index in [-0.39, 0.29) is 5.91 Å². The second kappa shape index (κ2) is 10.7. The zero-order valence-corrected chi connectivity index (χ0v) is 17.4.